The van der Waals surface area contributed by atoms with Crippen LogP contribution in [0.15, 0.2) is 37.8 Å². The lowest BCUT2D eigenvalue weighted by atomic mass is 10.2. The number of hydrogen-bond donors (Lipinski definition) is 0. The van der Waals surface area contributed by atoms with E-state index in [0.29, 0.717) is 17.0 Å². The number of halogens is 1. The highest BCUT2D eigenvalue weighted by atomic mass is 79.9. The summed E-state index contributed by atoms with van der Waals surface area (Å²) in [6.07, 6.45) is 0. The van der Waals surface area contributed by atoms with Crippen molar-refractivity contribution in [1.29, 1.82) is 0 Å². The average Bonchev–Trinajstić information content (AvgIpc) is 3.06. The van der Waals surface area contributed by atoms with Crippen molar-refractivity contribution in [2.45, 2.75) is 19.5 Å². The molecule has 2 aromatic heterocycles. The van der Waals surface area contributed by atoms with Crippen LogP contribution in [-0.2, 0) is 11.3 Å². The highest BCUT2D eigenvalue weighted by molar-refractivity contribution is 9.10. The minimum atomic E-state index is -0.471. The van der Waals surface area contributed by atoms with Crippen LogP contribution in [0.3, 0.4) is 0 Å². The number of carbonyl (C=O) groups is 1. The third-order valence-electron chi connectivity index (χ3n) is 3.12. The van der Waals surface area contributed by atoms with Crippen molar-refractivity contribution in [2.24, 2.45) is 0 Å². The van der Waals surface area contributed by atoms with E-state index in [1.165, 1.54) is 7.11 Å². The Morgan fingerprint density at radius 1 is 1.35 bits per heavy atom. The van der Waals surface area contributed by atoms with E-state index in [9.17, 15) is 4.79 Å². The minimum Gasteiger partial charge on any atom is -0.463 e. The van der Waals surface area contributed by atoms with Crippen molar-refractivity contribution < 1.29 is 18.4 Å². The first-order chi connectivity index (χ1) is 9.51. The zero-order valence-corrected chi connectivity index (χ0v) is 13.1. The van der Waals surface area contributed by atoms with Gasteiger partial charge < -0.3 is 13.6 Å². The number of nitrogens with zero attached hydrogens (tertiary/aromatic N) is 1. The molecule has 0 aromatic carbocycles. The summed E-state index contributed by atoms with van der Waals surface area (Å²) in [5, 5.41) is 0. The van der Waals surface area contributed by atoms with Gasteiger partial charge in [-0.15, -0.1) is 0 Å². The van der Waals surface area contributed by atoms with Gasteiger partial charge in [0.05, 0.1) is 19.7 Å². The van der Waals surface area contributed by atoms with Crippen LogP contribution in [0.5, 0.6) is 0 Å². The molecule has 0 saturated carbocycles. The van der Waals surface area contributed by atoms with E-state index >= 15 is 0 Å². The fraction of sp³-hybridized carbons (Fsp3) is 0.357. The monoisotopic (exact) mass is 341 g/mol. The number of esters is 1. The highest BCUT2D eigenvalue weighted by Crippen LogP contribution is 2.24. The quantitative estimate of drug-likeness (QED) is 0.777. The average molecular weight is 342 g/mol. The number of methoxy groups -OCH3 is 1. The van der Waals surface area contributed by atoms with Crippen molar-refractivity contribution >= 4 is 21.9 Å². The summed E-state index contributed by atoms with van der Waals surface area (Å²) in [6.45, 7) is 2.64. The fourth-order valence-electron chi connectivity index (χ4n) is 1.82. The van der Waals surface area contributed by atoms with Gasteiger partial charge in [-0.2, -0.15) is 0 Å². The third-order valence-corrected chi connectivity index (χ3v) is 3.55. The lowest BCUT2D eigenvalue weighted by molar-refractivity contribution is 0.0559. The van der Waals surface area contributed by atoms with Gasteiger partial charge >= 0.3 is 5.97 Å². The molecule has 0 aliphatic carbocycles. The Hall–Kier alpha value is -1.53. The van der Waals surface area contributed by atoms with Gasteiger partial charge in [0.25, 0.3) is 0 Å². The smallest absolute Gasteiger partial charge is 0.373 e. The Kier molecular flexibility index (Phi) is 4.67. The second-order valence-electron chi connectivity index (χ2n) is 4.49. The number of furan rings is 2. The van der Waals surface area contributed by atoms with E-state index in [2.05, 4.69) is 25.6 Å². The molecule has 2 heterocycles. The van der Waals surface area contributed by atoms with E-state index in [1.807, 2.05) is 26.1 Å². The molecule has 0 amide bonds. The summed E-state index contributed by atoms with van der Waals surface area (Å²) in [6, 6.07) is 7.18. The molecular weight excluding hydrogens is 326 g/mol. The summed E-state index contributed by atoms with van der Waals surface area (Å²) in [5.41, 5.74) is 0. The van der Waals surface area contributed by atoms with Crippen molar-refractivity contribution in [2.75, 3.05) is 14.2 Å². The maximum atomic E-state index is 11.4. The van der Waals surface area contributed by atoms with Crippen molar-refractivity contribution in [3.8, 4) is 0 Å². The van der Waals surface area contributed by atoms with Gasteiger partial charge in [-0.3, -0.25) is 4.90 Å². The van der Waals surface area contributed by atoms with Gasteiger partial charge in [-0.1, -0.05) is 0 Å². The van der Waals surface area contributed by atoms with Crippen molar-refractivity contribution in [1.82, 2.24) is 4.90 Å². The van der Waals surface area contributed by atoms with Crippen LogP contribution in [-0.4, -0.2) is 25.0 Å². The molecule has 2 aromatic rings. The van der Waals surface area contributed by atoms with Crippen LogP contribution in [0.4, 0.5) is 0 Å². The molecule has 0 radical (unpaired) electrons. The van der Waals surface area contributed by atoms with Crippen molar-refractivity contribution in [3.63, 3.8) is 0 Å². The highest BCUT2D eigenvalue weighted by Gasteiger charge is 2.19. The molecule has 0 bridgehead atoms. The molecule has 0 aliphatic heterocycles. The summed E-state index contributed by atoms with van der Waals surface area (Å²) in [4.78, 5) is 13.4. The van der Waals surface area contributed by atoms with E-state index in [-0.39, 0.29) is 11.8 Å². The number of ether oxygens (including phenoxy) is 1. The Morgan fingerprint density at radius 3 is 2.70 bits per heavy atom. The molecule has 5 nitrogen and oxygen atoms in total. The molecule has 0 N–H and O–H groups in total. The van der Waals surface area contributed by atoms with E-state index in [1.54, 1.807) is 12.1 Å². The van der Waals surface area contributed by atoms with Crippen LogP contribution in [0, 0.1) is 0 Å². The molecule has 1 atom stereocenters. The molecule has 0 spiro atoms. The van der Waals surface area contributed by atoms with Crippen molar-refractivity contribution in [3.05, 3.63) is 46.2 Å². The Bertz CT molecular complexity index is 590. The van der Waals surface area contributed by atoms with Crippen LogP contribution >= 0.6 is 15.9 Å². The maximum absolute atomic E-state index is 11.4. The normalized spacial score (nSPS) is 12.7. The summed E-state index contributed by atoms with van der Waals surface area (Å²) in [5.74, 6) is 1.30. The van der Waals surface area contributed by atoms with Crippen LogP contribution in [0.25, 0.3) is 0 Å². The predicted octanol–water partition coefficient (Wildman–Crippen LogP) is 3.61. The second-order valence-corrected chi connectivity index (χ2v) is 5.27. The Labute approximate surface area is 125 Å². The molecule has 0 saturated heterocycles. The summed E-state index contributed by atoms with van der Waals surface area (Å²) in [7, 11) is 3.29. The van der Waals surface area contributed by atoms with Crippen LogP contribution in [0.1, 0.15) is 35.0 Å². The first-order valence-electron chi connectivity index (χ1n) is 6.13. The summed E-state index contributed by atoms with van der Waals surface area (Å²) >= 11 is 3.28. The first-order valence-corrected chi connectivity index (χ1v) is 6.93. The lowest BCUT2D eigenvalue weighted by Crippen LogP contribution is -2.21. The van der Waals surface area contributed by atoms with Gasteiger partial charge in [-0.25, -0.2) is 4.79 Å². The molecule has 20 heavy (non-hydrogen) atoms. The van der Waals surface area contributed by atoms with Gasteiger partial charge in [0.15, 0.2) is 4.67 Å². The maximum Gasteiger partial charge on any atom is 0.373 e. The molecule has 0 fully saturated rings. The number of rotatable bonds is 5. The molecule has 0 unspecified atom stereocenters. The van der Waals surface area contributed by atoms with E-state index in [4.69, 9.17) is 8.83 Å². The second kappa shape index (κ2) is 6.28. The van der Waals surface area contributed by atoms with Gasteiger partial charge in [0, 0.05) is 0 Å². The Morgan fingerprint density at radius 2 is 2.10 bits per heavy atom. The minimum absolute atomic E-state index is 0.0114. The third kappa shape index (κ3) is 3.32. The van der Waals surface area contributed by atoms with Crippen LogP contribution in [0.2, 0.25) is 0 Å². The first kappa shape index (κ1) is 14.9. The largest absolute Gasteiger partial charge is 0.463 e. The standard InChI is InChI=1S/C14H16BrNO4/c1-9(11-5-6-12(20-11)14(17)18-3)16(2)8-10-4-7-13(15)19-10/h4-7,9H,8H2,1-3H3/t9-/m0/s1. The van der Waals surface area contributed by atoms with E-state index < -0.39 is 5.97 Å². The molecular formula is C14H16BrNO4. The Balaban J connectivity index is 2.04. The molecule has 0 aliphatic rings. The van der Waals surface area contributed by atoms with Crippen LogP contribution < -0.4 is 0 Å². The van der Waals surface area contributed by atoms with Gasteiger partial charge in [0.2, 0.25) is 5.76 Å². The zero-order chi connectivity index (χ0) is 14.7. The van der Waals surface area contributed by atoms with E-state index in [0.717, 1.165) is 5.76 Å². The van der Waals surface area contributed by atoms with Gasteiger partial charge in [-0.05, 0) is 54.2 Å². The number of carbonyl (C=O) groups excluding carboxylic acids is 1. The SMILES string of the molecule is COC(=O)c1ccc([C@H](C)N(C)Cc2ccc(Br)o2)o1. The number of hydrogen-bond acceptors (Lipinski definition) is 5. The molecule has 6 heteroatoms. The predicted molar refractivity (Wildman–Crippen MR) is 76.3 cm³/mol. The molecule has 108 valence electrons. The van der Waals surface area contributed by atoms with Gasteiger partial charge in [0.1, 0.15) is 11.5 Å². The topological polar surface area (TPSA) is 55.8 Å². The summed E-state index contributed by atoms with van der Waals surface area (Å²) < 4.78 is 16.3. The molecule has 2 rings (SSSR count). The lowest BCUT2D eigenvalue weighted by Gasteiger charge is -2.21. The zero-order valence-electron chi connectivity index (χ0n) is 11.6. The fourth-order valence-corrected chi connectivity index (χ4v) is 2.16.